The Hall–Kier alpha value is -0.630. The van der Waals surface area contributed by atoms with Crippen molar-refractivity contribution in [1.29, 1.82) is 0 Å². The molecule has 1 aliphatic heterocycles. The zero-order chi connectivity index (χ0) is 13.9. The van der Waals surface area contributed by atoms with Crippen LogP contribution in [0, 0.1) is 0 Å². The molecule has 0 saturated heterocycles. The fourth-order valence-electron chi connectivity index (χ4n) is 2.75. The Morgan fingerprint density at radius 2 is 2.00 bits per heavy atom. The Labute approximate surface area is 134 Å². The van der Waals surface area contributed by atoms with Crippen LogP contribution in [-0.4, -0.2) is 11.1 Å². The Morgan fingerprint density at radius 1 is 1.15 bits per heavy atom. The first-order valence-corrected chi connectivity index (χ1v) is 8.61. The van der Waals surface area contributed by atoms with Gasteiger partial charge in [0.2, 0.25) is 0 Å². The van der Waals surface area contributed by atoms with E-state index in [9.17, 15) is 0 Å². The molecule has 0 radical (unpaired) electrons. The van der Waals surface area contributed by atoms with E-state index < -0.39 is 0 Å². The molecule has 2 atom stereocenters. The van der Waals surface area contributed by atoms with Gasteiger partial charge in [-0.15, -0.1) is 23.4 Å². The molecule has 104 valence electrons. The van der Waals surface area contributed by atoms with Gasteiger partial charge >= 0.3 is 0 Å². The van der Waals surface area contributed by atoms with Crippen molar-refractivity contribution in [3.63, 3.8) is 0 Å². The van der Waals surface area contributed by atoms with Gasteiger partial charge in [0.25, 0.3) is 0 Å². The predicted molar refractivity (Wildman–Crippen MR) is 89.3 cm³/mol. The van der Waals surface area contributed by atoms with Crippen molar-refractivity contribution in [3.05, 3.63) is 64.7 Å². The minimum Gasteiger partial charge on any atom is -0.126 e. The van der Waals surface area contributed by atoms with Crippen LogP contribution in [0.5, 0.6) is 0 Å². The lowest BCUT2D eigenvalue weighted by Crippen LogP contribution is -2.10. The maximum atomic E-state index is 6.19. The van der Waals surface area contributed by atoms with Crippen molar-refractivity contribution in [2.75, 3.05) is 5.88 Å². The molecule has 0 saturated carbocycles. The molecule has 0 aromatic heterocycles. The van der Waals surface area contributed by atoms with Crippen LogP contribution in [0.4, 0.5) is 0 Å². The average Bonchev–Trinajstić information content (AvgIpc) is 2.87. The lowest BCUT2D eigenvalue weighted by Gasteiger charge is -2.18. The zero-order valence-corrected chi connectivity index (χ0v) is 13.4. The van der Waals surface area contributed by atoms with Crippen molar-refractivity contribution < 1.29 is 0 Å². The standard InChI is InChI=1S/C17H16Cl2S/c18-11-14(12-5-3-6-15(19)8-12)10-16-9-13-4-1-2-7-17(13)20-16/h1-8,14,16H,9-11H2. The van der Waals surface area contributed by atoms with Gasteiger partial charge in [0, 0.05) is 21.0 Å². The quantitative estimate of drug-likeness (QED) is 0.644. The molecule has 3 heteroatoms. The van der Waals surface area contributed by atoms with Crippen molar-refractivity contribution in [1.82, 2.24) is 0 Å². The lowest BCUT2D eigenvalue weighted by molar-refractivity contribution is 0.657. The monoisotopic (exact) mass is 322 g/mol. The highest BCUT2D eigenvalue weighted by atomic mass is 35.5. The summed E-state index contributed by atoms with van der Waals surface area (Å²) >= 11 is 14.3. The molecule has 3 rings (SSSR count). The Kier molecular flexibility index (Phi) is 4.60. The van der Waals surface area contributed by atoms with Crippen molar-refractivity contribution in [2.24, 2.45) is 0 Å². The van der Waals surface area contributed by atoms with Gasteiger partial charge in [0.15, 0.2) is 0 Å². The molecule has 0 fully saturated rings. The average molecular weight is 323 g/mol. The third-order valence-electron chi connectivity index (χ3n) is 3.77. The number of hydrogen-bond donors (Lipinski definition) is 0. The SMILES string of the molecule is ClCC(CC1Cc2ccccc2S1)c1cccc(Cl)c1. The number of benzene rings is 2. The van der Waals surface area contributed by atoms with E-state index in [4.69, 9.17) is 23.2 Å². The van der Waals surface area contributed by atoms with Gasteiger partial charge in [0.1, 0.15) is 0 Å². The van der Waals surface area contributed by atoms with Crippen molar-refractivity contribution in [3.8, 4) is 0 Å². The lowest BCUT2D eigenvalue weighted by atomic mass is 9.94. The first-order valence-electron chi connectivity index (χ1n) is 6.82. The fraction of sp³-hybridized carbons (Fsp3) is 0.294. The smallest absolute Gasteiger partial charge is 0.0408 e. The number of thioether (sulfide) groups is 1. The summed E-state index contributed by atoms with van der Waals surface area (Å²) < 4.78 is 0. The second-order valence-electron chi connectivity index (χ2n) is 5.19. The van der Waals surface area contributed by atoms with E-state index in [2.05, 4.69) is 30.3 Å². The molecule has 0 spiro atoms. The topological polar surface area (TPSA) is 0 Å². The van der Waals surface area contributed by atoms with Gasteiger partial charge in [0.05, 0.1) is 0 Å². The van der Waals surface area contributed by atoms with E-state index in [1.54, 1.807) is 0 Å². The van der Waals surface area contributed by atoms with Gasteiger partial charge in [-0.2, -0.15) is 0 Å². The molecular weight excluding hydrogens is 307 g/mol. The largest absolute Gasteiger partial charge is 0.126 e. The van der Waals surface area contributed by atoms with E-state index in [0.29, 0.717) is 17.0 Å². The minimum absolute atomic E-state index is 0.377. The van der Waals surface area contributed by atoms with E-state index in [1.807, 2.05) is 30.0 Å². The number of fused-ring (bicyclic) bond motifs is 1. The van der Waals surface area contributed by atoms with Crippen LogP contribution in [-0.2, 0) is 6.42 Å². The molecule has 1 heterocycles. The Balaban J connectivity index is 1.71. The van der Waals surface area contributed by atoms with E-state index in [1.165, 1.54) is 16.0 Å². The Morgan fingerprint density at radius 3 is 2.75 bits per heavy atom. The van der Waals surface area contributed by atoms with E-state index >= 15 is 0 Å². The number of alkyl halides is 1. The summed E-state index contributed by atoms with van der Waals surface area (Å²) in [6.45, 7) is 0. The first-order chi connectivity index (χ1) is 9.76. The normalized spacial score (nSPS) is 18.8. The van der Waals surface area contributed by atoms with Crippen LogP contribution in [0.25, 0.3) is 0 Å². The highest BCUT2D eigenvalue weighted by Gasteiger charge is 2.25. The predicted octanol–water partition coefficient (Wildman–Crippen LogP) is 5.77. The maximum Gasteiger partial charge on any atom is 0.0408 e. The van der Waals surface area contributed by atoms with E-state index in [-0.39, 0.29) is 0 Å². The van der Waals surface area contributed by atoms with Crippen molar-refractivity contribution in [2.45, 2.75) is 28.9 Å². The second kappa shape index (κ2) is 6.43. The molecule has 2 aromatic rings. The number of hydrogen-bond acceptors (Lipinski definition) is 1. The van der Waals surface area contributed by atoms with Crippen LogP contribution in [0.3, 0.4) is 0 Å². The Bertz CT molecular complexity index is 572. The zero-order valence-electron chi connectivity index (χ0n) is 11.1. The summed E-state index contributed by atoms with van der Waals surface area (Å²) in [6.07, 6.45) is 2.25. The fourth-order valence-corrected chi connectivity index (χ4v) is 4.66. The number of halogens is 2. The third-order valence-corrected chi connectivity index (χ3v) is 5.72. The molecule has 0 amide bonds. The van der Waals surface area contributed by atoms with Crippen LogP contribution >= 0.6 is 35.0 Å². The molecule has 0 N–H and O–H groups in total. The highest BCUT2D eigenvalue weighted by Crippen LogP contribution is 2.41. The van der Waals surface area contributed by atoms with Gasteiger partial charge in [-0.25, -0.2) is 0 Å². The minimum atomic E-state index is 0.377. The van der Waals surface area contributed by atoms with Crippen LogP contribution in [0.1, 0.15) is 23.5 Å². The van der Waals surface area contributed by atoms with Gasteiger partial charge in [-0.1, -0.05) is 41.9 Å². The highest BCUT2D eigenvalue weighted by molar-refractivity contribution is 8.00. The molecule has 2 unspecified atom stereocenters. The summed E-state index contributed by atoms with van der Waals surface area (Å²) in [5.74, 6) is 1.02. The second-order valence-corrected chi connectivity index (χ2v) is 7.28. The molecule has 20 heavy (non-hydrogen) atoms. The van der Waals surface area contributed by atoms with E-state index in [0.717, 1.165) is 17.9 Å². The third kappa shape index (κ3) is 3.16. The molecule has 0 nitrogen and oxygen atoms in total. The van der Waals surface area contributed by atoms with Crippen LogP contribution < -0.4 is 0 Å². The van der Waals surface area contributed by atoms with Crippen LogP contribution in [0.15, 0.2) is 53.4 Å². The molecule has 2 aromatic carbocycles. The van der Waals surface area contributed by atoms with Gasteiger partial charge in [-0.05, 0) is 48.1 Å². The summed E-state index contributed by atoms with van der Waals surface area (Å²) in [4.78, 5) is 1.43. The summed E-state index contributed by atoms with van der Waals surface area (Å²) in [5, 5.41) is 1.41. The van der Waals surface area contributed by atoms with Gasteiger partial charge in [-0.3, -0.25) is 0 Å². The van der Waals surface area contributed by atoms with Crippen molar-refractivity contribution >= 4 is 35.0 Å². The van der Waals surface area contributed by atoms with Crippen LogP contribution in [0.2, 0.25) is 5.02 Å². The molecule has 1 aliphatic rings. The number of rotatable bonds is 4. The van der Waals surface area contributed by atoms with Gasteiger partial charge < -0.3 is 0 Å². The molecule has 0 bridgehead atoms. The first kappa shape index (κ1) is 14.3. The summed E-state index contributed by atoms with van der Waals surface area (Å²) in [5.41, 5.74) is 2.73. The summed E-state index contributed by atoms with van der Waals surface area (Å²) in [7, 11) is 0. The summed E-state index contributed by atoms with van der Waals surface area (Å²) in [6, 6.07) is 16.8. The molecule has 0 aliphatic carbocycles. The molecular formula is C17H16Cl2S. The maximum absolute atomic E-state index is 6.19.